The molecular weight excluding hydrogens is 552 g/mol. The number of anilines is 1. The molecule has 0 radical (unpaired) electrons. The number of nitrogens with two attached hydrogens (primary N) is 1. The monoisotopic (exact) mass is 576 g/mol. The van der Waals surface area contributed by atoms with Crippen LogP contribution >= 0.6 is 0 Å². The standard InChI is InChI=1S/C28H24N4O8S/c1-2-28(35)20-8-22-25-18(11-32(22)26(33)19(20)12-38-27(28)34)17(10-30-41(36,37)15-5-3-14(29)4-6-15)16-7-23-24(40-13-39-23)9-21(16)31-25/h3-9,30,35H,2,10-13,29H2,1H3/t28-/m0/s1. The van der Waals surface area contributed by atoms with Crippen LogP contribution in [0, 0.1) is 0 Å². The Balaban J connectivity index is 1.41. The van der Waals surface area contributed by atoms with Crippen LogP contribution < -0.4 is 25.5 Å². The number of pyridine rings is 2. The van der Waals surface area contributed by atoms with Crippen molar-refractivity contribution in [1.29, 1.82) is 0 Å². The van der Waals surface area contributed by atoms with E-state index in [0.717, 1.165) is 0 Å². The molecule has 5 heterocycles. The second-order valence-corrected chi connectivity index (χ2v) is 11.9. The molecule has 0 fully saturated rings. The third-order valence-electron chi connectivity index (χ3n) is 7.93. The minimum atomic E-state index is -3.92. The van der Waals surface area contributed by atoms with E-state index >= 15 is 0 Å². The molecule has 0 unspecified atom stereocenters. The molecule has 0 aliphatic carbocycles. The largest absolute Gasteiger partial charge is 0.458 e. The molecule has 0 saturated carbocycles. The molecule has 3 aliphatic heterocycles. The average Bonchev–Trinajstić information content (AvgIpc) is 3.57. The van der Waals surface area contributed by atoms with Crippen molar-refractivity contribution in [2.75, 3.05) is 12.5 Å². The molecule has 1 atom stereocenters. The molecule has 12 nitrogen and oxygen atoms in total. The molecule has 0 amide bonds. The molecular formula is C28H24N4O8S. The normalized spacial score (nSPS) is 18.6. The third-order valence-corrected chi connectivity index (χ3v) is 9.35. The molecule has 7 rings (SSSR count). The van der Waals surface area contributed by atoms with Crippen molar-refractivity contribution in [2.24, 2.45) is 0 Å². The smallest absolute Gasteiger partial charge is 0.343 e. The summed E-state index contributed by atoms with van der Waals surface area (Å²) in [6.07, 6.45) is 0.0153. The van der Waals surface area contributed by atoms with Gasteiger partial charge in [0.25, 0.3) is 5.56 Å². The highest BCUT2D eigenvalue weighted by Crippen LogP contribution is 2.43. The first-order chi connectivity index (χ1) is 19.6. The maximum Gasteiger partial charge on any atom is 0.343 e. The number of carbonyl (C=O) groups excluding carboxylic acids is 1. The molecule has 2 aromatic heterocycles. The number of esters is 1. The van der Waals surface area contributed by atoms with Gasteiger partial charge in [-0.15, -0.1) is 0 Å². The second kappa shape index (κ2) is 8.77. The zero-order chi connectivity index (χ0) is 28.7. The van der Waals surface area contributed by atoms with Crippen LogP contribution in [-0.2, 0) is 44.9 Å². The fourth-order valence-electron chi connectivity index (χ4n) is 5.65. The van der Waals surface area contributed by atoms with Gasteiger partial charge in [-0.25, -0.2) is 22.9 Å². The topological polar surface area (TPSA) is 172 Å². The van der Waals surface area contributed by atoms with Crippen molar-refractivity contribution in [1.82, 2.24) is 14.3 Å². The van der Waals surface area contributed by atoms with Crippen LogP contribution in [0.15, 0.2) is 52.2 Å². The van der Waals surface area contributed by atoms with E-state index in [-0.39, 0.29) is 48.9 Å². The predicted octanol–water partition coefficient (Wildman–Crippen LogP) is 1.87. The number of hydrogen-bond acceptors (Lipinski definition) is 10. The average molecular weight is 577 g/mol. The number of nitrogen functional groups attached to an aromatic ring is 1. The zero-order valence-corrected chi connectivity index (χ0v) is 22.6. The number of cyclic esters (lactones) is 1. The lowest BCUT2D eigenvalue weighted by Crippen LogP contribution is -2.44. The molecule has 4 aromatic rings. The fourth-order valence-corrected chi connectivity index (χ4v) is 6.65. The lowest BCUT2D eigenvalue weighted by molar-refractivity contribution is -0.172. The number of nitrogens with zero attached hydrogens (tertiary/aromatic N) is 2. The van der Waals surface area contributed by atoms with Crippen molar-refractivity contribution < 1.29 is 32.5 Å². The van der Waals surface area contributed by atoms with E-state index in [9.17, 15) is 23.1 Å². The highest BCUT2D eigenvalue weighted by Gasteiger charge is 2.45. The molecule has 3 aliphatic rings. The van der Waals surface area contributed by atoms with E-state index in [2.05, 4.69) is 4.72 Å². The SMILES string of the molecule is CC[C@@]1(O)C(=O)OCc2c1cc1n(c2=O)Cc2c-1nc1cc3c(cc1c2CNS(=O)(=O)c1ccc(N)cc1)OCO3. The first kappa shape index (κ1) is 25.5. The van der Waals surface area contributed by atoms with Crippen molar-refractivity contribution >= 4 is 32.6 Å². The Hall–Kier alpha value is -4.46. The Morgan fingerprint density at radius 2 is 1.80 bits per heavy atom. The maximum absolute atomic E-state index is 13.7. The fraction of sp³-hybridized carbons (Fsp3) is 0.250. The van der Waals surface area contributed by atoms with E-state index in [4.69, 9.17) is 24.9 Å². The van der Waals surface area contributed by atoms with Crippen molar-refractivity contribution in [2.45, 2.75) is 43.5 Å². The summed E-state index contributed by atoms with van der Waals surface area (Å²) in [7, 11) is -3.92. The van der Waals surface area contributed by atoms with E-state index in [0.29, 0.717) is 50.6 Å². The molecule has 41 heavy (non-hydrogen) atoms. The number of sulfonamides is 1. The van der Waals surface area contributed by atoms with Crippen LogP contribution in [0.2, 0.25) is 0 Å². The van der Waals surface area contributed by atoms with E-state index in [1.165, 1.54) is 28.8 Å². The van der Waals surface area contributed by atoms with Gasteiger partial charge in [-0.05, 0) is 48.4 Å². The van der Waals surface area contributed by atoms with E-state index < -0.39 is 27.2 Å². The summed E-state index contributed by atoms with van der Waals surface area (Å²) in [5, 5.41) is 11.8. The summed E-state index contributed by atoms with van der Waals surface area (Å²) in [5.74, 6) is 0.169. The van der Waals surface area contributed by atoms with Gasteiger partial charge in [0.2, 0.25) is 16.8 Å². The maximum atomic E-state index is 13.7. The number of ether oxygens (including phenoxy) is 3. The molecule has 210 valence electrons. The van der Waals surface area contributed by atoms with Crippen LogP contribution in [0.3, 0.4) is 0 Å². The Morgan fingerprint density at radius 3 is 2.54 bits per heavy atom. The van der Waals surface area contributed by atoms with Crippen molar-refractivity contribution in [3.05, 3.63) is 75.1 Å². The van der Waals surface area contributed by atoms with Gasteiger partial charge in [0.1, 0.15) is 6.61 Å². The van der Waals surface area contributed by atoms with Crippen LogP contribution in [0.5, 0.6) is 11.5 Å². The number of fused-ring (bicyclic) bond motifs is 6. The first-order valence-corrected chi connectivity index (χ1v) is 14.4. The third kappa shape index (κ3) is 3.73. The number of carbonyl (C=O) groups is 1. The van der Waals surface area contributed by atoms with Crippen molar-refractivity contribution in [3.8, 4) is 22.9 Å². The summed E-state index contributed by atoms with van der Waals surface area (Å²) in [4.78, 5) is 31.1. The molecule has 0 saturated heterocycles. The van der Waals surface area contributed by atoms with Gasteiger partial charge >= 0.3 is 5.97 Å². The van der Waals surface area contributed by atoms with Gasteiger partial charge in [-0.2, -0.15) is 0 Å². The van der Waals surface area contributed by atoms with Crippen LogP contribution in [-0.4, -0.2) is 35.8 Å². The minimum Gasteiger partial charge on any atom is -0.458 e. The Labute approximate surface area is 233 Å². The predicted molar refractivity (Wildman–Crippen MR) is 146 cm³/mol. The van der Waals surface area contributed by atoms with Gasteiger partial charge in [0.15, 0.2) is 17.1 Å². The minimum absolute atomic E-state index is 0.0153. The Kier molecular flexibility index (Phi) is 5.45. The highest BCUT2D eigenvalue weighted by atomic mass is 32.2. The summed E-state index contributed by atoms with van der Waals surface area (Å²) >= 11 is 0. The van der Waals surface area contributed by atoms with Gasteiger partial charge in [0.05, 0.1) is 33.9 Å². The molecule has 0 spiro atoms. The molecule has 2 aromatic carbocycles. The summed E-state index contributed by atoms with van der Waals surface area (Å²) in [6, 6.07) is 10.9. The highest BCUT2D eigenvalue weighted by molar-refractivity contribution is 7.89. The lowest BCUT2D eigenvalue weighted by Gasteiger charge is -2.31. The van der Waals surface area contributed by atoms with Crippen LogP contribution in [0.4, 0.5) is 5.69 Å². The first-order valence-electron chi connectivity index (χ1n) is 12.9. The molecule has 0 bridgehead atoms. The number of rotatable bonds is 5. The molecule has 13 heteroatoms. The number of hydrogen-bond donors (Lipinski definition) is 3. The quantitative estimate of drug-likeness (QED) is 0.207. The Bertz CT molecular complexity index is 1970. The van der Waals surface area contributed by atoms with Gasteiger partial charge in [0, 0.05) is 34.8 Å². The summed E-state index contributed by atoms with van der Waals surface area (Å²) < 4.78 is 46.8. The number of benzene rings is 2. The summed E-state index contributed by atoms with van der Waals surface area (Å²) in [6.45, 7) is 1.41. The number of aliphatic hydroxyl groups is 1. The van der Waals surface area contributed by atoms with Crippen LogP contribution in [0.1, 0.15) is 35.6 Å². The zero-order valence-electron chi connectivity index (χ0n) is 21.8. The molecule has 4 N–H and O–H groups in total. The second-order valence-electron chi connectivity index (χ2n) is 10.1. The van der Waals surface area contributed by atoms with E-state index in [1.807, 2.05) is 0 Å². The lowest BCUT2D eigenvalue weighted by atomic mass is 9.86. The van der Waals surface area contributed by atoms with Crippen molar-refractivity contribution in [3.63, 3.8) is 0 Å². The van der Waals surface area contributed by atoms with Gasteiger partial charge < -0.3 is 29.6 Å². The number of nitrogens with one attached hydrogen (secondary N) is 1. The van der Waals surface area contributed by atoms with Gasteiger partial charge in [-0.3, -0.25) is 4.79 Å². The number of aromatic nitrogens is 2. The van der Waals surface area contributed by atoms with Crippen LogP contribution in [0.25, 0.3) is 22.3 Å². The Morgan fingerprint density at radius 1 is 1.07 bits per heavy atom. The summed E-state index contributed by atoms with van der Waals surface area (Å²) in [5.41, 5.74) is 6.74. The van der Waals surface area contributed by atoms with E-state index in [1.54, 1.807) is 25.1 Å². The van der Waals surface area contributed by atoms with Gasteiger partial charge in [-0.1, -0.05) is 6.92 Å².